The zero-order valence-corrected chi connectivity index (χ0v) is 7.36. The van der Waals surface area contributed by atoms with Crippen LogP contribution in [-0.2, 0) is 10.3 Å². The maximum atomic E-state index is 9.11. The van der Waals surface area contributed by atoms with Crippen molar-refractivity contribution < 1.29 is 9.84 Å². The molecule has 0 spiro atoms. The second-order valence-corrected chi connectivity index (χ2v) is 3.34. The maximum absolute atomic E-state index is 9.11. The summed E-state index contributed by atoms with van der Waals surface area (Å²) in [5.41, 5.74) is 6.42. The van der Waals surface area contributed by atoms with Gasteiger partial charge in [0, 0.05) is 13.0 Å². The Labute approximate surface area is 77.1 Å². The van der Waals surface area contributed by atoms with Crippen LogP contribution in [0.2, 0.25) is 0 Å². The maximum Gasteiger partial charge on any atom is 0.115 e. The average molecular weight is 179 g/mol. The molecule has 0 bridgehead atoms. The molecule has 3 N–H and O–H groups in total. The Morgan fingerprint density at radius 2 is 2.00 bits per heavy atom. The second kappa shape index (κ2) is 3.01. The molecule has 0 saturated carbocycles. The number of hydrogen-bond donors (Lipinski definition) is 2. The fourth-order valence-electron chi connectivity index (χ4n) is 1.62. The summed E-state index contributed by atoms with van der Waals surface area (Å²) in [5.74, 6) is 0.273. The molecule has 1 atom stereocenters. The van der Waals surface area contributed by atoms with E-state index in [-0.39, 0.29) is 11.4 Å². The molecule has 0 aliphatic carbocycles. The van der Waals surface area contributed by atoms with Crippen molar-refractivity contribution in [2.24, 2.45) is 5.73 Å². The Morgan fingerprint density at radius 1 is 1.38 bits per heavy atom. The molecule has 1 aromatic rings. The summed E-state index contributed by atoms with van der Waals surface area (Å²) in [6.07, 6.45) is 0.967. The highest BCUT2D eigenvalue weighted by atomic mass is 16.5. The first-order valence-corrected chi connectivity index (χ1v) is 4.40. The first kappa shape index (κ1) is 8.53. The number of ether oxygens (including phenoxy) is 1. The number of nitrogens with two attached hydrogens (primary N) is 1. The van der Waals surface area contributed by atoms with E-state index in [0.717, 1.165) is 18.6 Å². The second-order valence-electron chi connectivity index (χ2n) is 3.34. The van der Waals surface area contributed by atoms with Gasteiger partial charge in [0.1, 0.15) is 11.4 Å². The van der Waals surface area contributed by atoms with Crippen LogP contribution in [-0.4, -0.2) is 18.3 Å². The van der Waals surface area contributed by atoms with Crippen LogP contribution in [0, 0.1) is 0 Å². The highest BCUT2D eigenvalue weighted by Gasteiger charge is 2.38. The molecule has 3 nitrogen and oxygen atoms in total. The standard InChI is InChI=1S/C10H13NO2/c11-7-10(5-6-13-10)8-1-3-9(12)4-2-8/h1-4,12H,5-7,11H2. The molecule has 70 valence electrons. The van der Waals surface area contributed by atoms with Crippen LogP contribution in [0.3, 0.4) is 0 Å². The van der Waals surface area contributed by atoms with Gasteiger partial charge in [-0.1, -0.05) is 12.1 Å². The van der Waals surface area contributed by atoms with E-state index in [0.29, 0.717) is 6.54 Å². The Bertz CT molecular complexity index is 285. The normalized spacial score (nSPS) is 26.8. The van der Waals surface area contributed by atoms with Gasteiger partial charge in [-0.05, 0) is 17.7 Å². The van der Waals surface area contributed by atoms with Gasteiger partial charge in [0.25, 0.3) is 0 Å². The molecule has 1 unspecified atom stereocenters. The summed E-state index contributed by atoms with van der Waals surface area (Å²) in [4.78, 5) is 0. The van der Waals surface area contributed by atoms with Crippen molar-refractivity contribution in [3.05, 3.63) is 29.8 Å². The van der Waals surface area contributed by atoms with Gasteiger partial charge in [-0.25, -0.2) is 0 Å². The van der Waals surface area contributed by atoms with Crippen molar-refractivity contribution in [3.8, 4) is 5.75 Å². The average Bonchev–Trinajstić information content (AvgIpc) is 2.07. The van der Waals surface area contributed by atoms with Crippen LogP contribution >= 0.6 is 0 Å². The first-order valence-electron chi connectivity index (χ1n) is 4.40. The Kier molecular flexibility index (Phi) is 1.98. The van der Waals surface area contributed by atoms with Crippen molar-refractivity contribution in [3.63, 3.8) is 0 Å². The van der Waals surface area contributed by atoms with Gasteiger partial charge in [-0.3, -0.25) is 0 Å². The molecule has 1 aliphatic rings. The third-order valence-electron chi connectivity index (χ3n) is 2.61. The van der Waals surface area contributed by atoms with Crippen molar-refractivity contribution in [2.45, 2.75) is 12.0 Å². The minimum atomic E-state index is -0.284. The molecule has 1 saturated heterocycles. The fraction of sp³-hybridized carbons (Fsp3) is 0.400. The summed E-state index contributed by atoms with van der Waals surface area (Å²) >= 11 is 0. The molecule has 1 fully saturated rings. The summed E-state index contributed by atoms with van der Waals surface area (Å²) in [6, 6.07) is 7.05. The van der Waals surface area contributed by atoms with Crippen LogP contribution in [0.5, 0.6) is 5.75 Å². The summed E-state index contributed by atoms with van der Waals surface area (Å²) < 4.78 is 5.49. The van der Waals surface area contributed by atoms with Gasteiger partial charge in [-0.2, -0.15) is 0 Å². The highest BCUT2D eigenvalue weighted by Crippen LogP contribution is 2.36. The molecule has 0 aromatic heterocycles. The van der Waals surface area contributed by atoms with Crippen LogP contribution in [0.4, 0.5) is 0 Å². The topological polar surface area (TPSA) is 55.5 Å². The lowest BCUT2D eigenvalue weighted by molar-refractivity contribution is -0.146. The van der Waals surface area contributed by atoms with Crippen molar-refractivity contribution in [1.82, 2.24) is 0 Å². The minimum Gasteiger partial charge on any atom is -0.508 e. The van der Waals surface area contributed by atoms with Crippen LogP contribution in [0.1, 0.15) is 12.0 Å². The van der Waals surface area contributed by atoms with Gasteiger partial charge in [0.05, 0.1) is 6.61 Å². The monoisotopic (exact) mass is 179 g/mol. The van der Waals surface area contributed by atoms with Crippen LogP contribution in [0.15, 0.2) is 24.3 Å². The SMILES string of the molecule is NCC1(c2ccc(O)cc2)CCO1. The smallest absolute Gasteiger partial charge is 0.115 e. The van der Waals surface area contributed by atoms with Crippen LogP contribution < -0.4 is 5.73 Å². The zero-order chi connectivity index (χ0) is 9.31. The van der Waals surface area contributed by atoms with Gasteiger partial charge in [0.15, 0.2) is 0 Å². The van der Waals surface area contributed by atoms with E-state index in [1.54, 1.807) is 12.1 Å². The lowest BCUT2D eigenvalue weighted by Gasteiger charge is -2.41. The quantitative estimate of drug-likeness (QED) is 0.711. The Balaban J connectivity index is 2.28. The molecular formula is C10H13NO2. The third kappa shape index (κ3) is 1.30. The van der Waals surface area contributed by atoms with Gasteiger partial charge in [0.2, 0.25) is 0 Å². The van der Waals surface area contributed by atoms with Crippen molar-refractivity contribution in [1.29, 1.82) is 0 Å². The van der Waals surface area contributed by atoms with Crippen molar-refractivity contribution >= 4 is 0 Å². The van der Waals surface area contributed by atoms with E-state index in [1.807, 2.05) is 12.1 Å². The fourth-order valence-corrected chi connectivity index (χ4v) is 1.62. The van der Waals surface area contributed by atoms with Gasteiger partial charge < -0.3 is 15.6 Å². The molecule has 1 aromatic carbocycles. The Morgan fingerprint density at radius 3 is 2.38 bits per heavy atom. The number of phenols is 1. The third-order valence-corrected chi connectivity index (χ3v) is 2.61. The largest absolute Gasteiger partial charge is 0.508 e. The summed E-state index contributed by atoms with van der Waals surface area (Å²) in [5, 5.41) is 9.11. The highest BCUT2D eigenvalue weighted by molar-refractivity contribution is 5.31. The van der Waals surface area contributed by atoms with Gasteiger partial charge in [-0.15, -0.1) is 0 Å². The number of hydrogen-bond acceptors (Lipinski definition) is 3. The van der Waals surface area contributed by atoms with Crippen LogP contribution in [0.25, 0.3) is 0 Å². The molecule has 0 radical (unpaired) electrons. The minimum absolute atomic E-state index is 0.273. The number of aromatic hydroxyl groups is 1. The molecule has 13 heavy (non-hydrogen) atoms. The van der Waals surface area contributed by atoms with E-state index >= 15 is 0 Å². The lowest BCUT2D eigenvalue weighted by Crippen LogP contribution is -2.46. The van der Waals surface area contributed by atoms with E-state index < -0.39 is 0 Å². The van der Waals surface area contributed by atoms with E-state index in [4.69, 9.17) is 15.6 Å². The molecule has 2 rings (SSSR count). The molecular weight excluding hydrogens is 166 g/mol. The van der Waals surface area contributed by atoms with Crippen molar-refractivity contribution in [2.75, 3.05) is 13.2 Å². The molecule has 3 heteroatoms. The molecule has 0 amide bonds. The van der Waals surface area contributed by atoms with E-state index in [2.05, 4.69) is 0 Å². The number of rotatable bonds is 2. The zero-order valence-electron chi connectivity index (χ0n) is 7.36. The van der Waals surface area contributed by atoms with E-state index in [9.17, 15) is 0 Å². The summed E-state index contributed by atoms with van der Waals surface area (Å²) in [7, 11) is 0. The number of benzene rings is 1. The summed E-state index contributed by atoms with van der Waals surface area (Å²) in [6.45, 7) is 1.27. The first-order chi connectivity index (χ1) is 6.27. The molecule has 1 heterocycles. The number of phenolic OH excluding ortho intramolecular Hbond substituents is 1. The van der Waals surface area contributed by atoms with E-state index in [1.165, 1.54) is 0 Å². The van der Waals surface area contributed by atoms with Gasteiger partial charge >= 0.3 is 0 Å². The lowest BCUT2D eigenvalue weighted by atomic mass is 9.86. The predicted molar refractivity (Wildman–Crippen MR) is 49.4 cm³/mol. The predicted octanol–water partition coefficient (Wildman–Crippen LogP) is 0.967. The molecule has 1 aliphatic heterocycles. The Hall–Kier alpha value is -1.06.